The second-order valence-corrected chi connectivity index (χ2v) is 8.16. The third kappa shape index (κ3) is 5.24. The average Bonchev–Trinajstić information content (AvgIpc) is 2.31. The molecule has 1 saturated heterocycles. The van der Waals surface area contributed by atoms with E-state index >= 15 is 0 Å². The summed E-state index contributed by atoms with van der Waals surface area (Å²) < 4.78 is 23.3. The van der Waals surface area contributed by atoms with Gasteiger partial charge >= 0.3 is 0 Å². The van der Waals surface area contributed by atoms with Gasteiger partial charge in [0, 0.05) is 12.6 Å². The van der Waals surface area contributed by atoms with E-state index in [1.165, 1.54) is 13.0 Å². The monoisotopic (exact) mass is 276 g/mol. The number of sulfone groups is 1. The van der Waals surface area contributed by atoms with Crippen LogP contribution in [-0.4, -0.2) is 56.5 Å². The maximum atomic E-state index is 11.7. The van der Waals surface area contributed by atoms with Gasteiger partial charge in [-0.25, -0.2) is 8.42 Å². The molecule has 0 unspecified atom stereocenters. The number of rotatable bonds is 7. The van der Waals surface area contributed by atoms with Crippen molar-refractivity contribution < 1.29 is 8.42 Å². The van der Waals surface area contributed by atoms with Gasteiger partial charge in [0.2, 0.25) is 0 Å². The maximum Gasteiger partial charge on any atom is 0.153 e. The van der Waals surface area contributed by atoms with Crippen molar-refractivity contribution in [2.24, 2.45) is 0 Å². The van der Waals surface area contributed by atoms with Crippen LogP contribution in [0.4, 0.5) is 0 Å². The number of hydrogen-bond acceptors (Lipinski definition) is 4. The van der Waals surface area contributed by atoms with Gasteiger partial charge in [-0.15, -0.1) is 0 Å². The summed E-state index contributed by atoms with van der Waals surface area (Å²) in [5.41, 5.74) is 0. The first-order chi connectivity index (χ1) is 8.45. The van der Waals surface area contributed by atoms with Gasteiger partial charge in [-0.1, -0.05) is 6.92 Å². The van der Waals surface area contributed by atoms with E-state index in [0.29, 0.717) is 12.6 Å². The Kier molecular flexibility index (Phi) is 6.60. The van der Waals surface area contributed by atoms with Crippen molar-refractivity contribution in [3.05, 3.63) is 0 Å². The Bertz CT molecular complexity index is 320. The fourth-order valence-corrected chi connectivity index (χ4v) is 3.19. The summed E-state index contributed by atoms with van der Waals surface area (Å²) in [4.78, 5) is 2.49. The number of piperidine rings is 1. The predicted molar refractivity (Wildman–Crippen MR) is 76.7 cm³/mol. The quantitative estimate of drug-likeness (QED) is 0.761. The van der Waals surface area contributed by atoms with Gasteiger partial charge in [-0.05, 0) is 52.7 Å². The molecule has 0 radical (unpaired) electrons. The standard InChI is InChI=1S/C13H28N2O2S/c1-4-8-15-9-5-13(6-10-15)14-7-11-18(16,17)12(2)3/h12-14H,4-11H2,1-3H3. The molecule has 5 heteroatoms. The minimum absolute atomic E-state index is 0.259. The van der Waals surface area contributed by atoms with Crippen molar-refractivity contribution in [2.75, 3.05) is 31.9 Å². The summed E-state index contributed by atoms with van der Waals surface area (Å²) in [6, 6.07) is 0.500. The molecule has 0 aromatic heterocycles. The Morgan fingerprint density at radius 2 is 1.89 bits per heavy atom. The first kappa shape index (κ1) is 15.9. The second-order valence-electron chi connectivity index (χ2n) is 5.49. The molecule has 1 aliphatic heterocycles. The van der Waals surface area contributed by atoms with Crippen LogP contribution in [0.1, 0.15) is 40.0 Å². The fourth-order valence-electron chi connectivity index (χ4n) is 2.32. The summed E-state index contributed by atoms with van der Waals surface area (Å²) >= 11 is 0. The minimum atomic E-state index is -2.89. The molecule has 0 spiro atoms. The molecule has 1 aliphatic rings. The highest BCUT2D eigenvalue weighted by Crippen LogP contribution is 2.10. The van der Waals surface area contributed by atoms with Crippen LogP contribution in [0.5, 0.6) is 0 Å². The molecule has 1 rings (SSSR count). The van der Waals surface area contributed by atoms with E-state index in [0.717, 1.165) is 25.9 Å². The zero-order valence-electron chi connectivity index (χ0n) is 12.0. The second kappa shape index (κ2) is 7.46. The Balaban J connectivity index is 2.19. The molecular formula is C13H28N2O2S. The summed E-state index contributed by atoms with van der Waals surface area (Å²) in [5, 5.41) is 3.13. The molecule has 1 fully saturated rings. The van der Waals surface area contributed by atoms with Crippen molar-refractivity contribution in [1.82, 2.24) is 10.2 Å². The van der Waals surface area contributed by atoms with Crippen LogP contribution >= 0.6 is 0 Å². The summed E-state index contributed by atoms with van der Waals surface area (Å²) in [6.45, 7) is 9.77. The van der Waals surface area contributed by atoms with Gasteiger partial charge in [0.25, 0.3) is 0 Å². The molecular weight excluding hydrogens is 248 g/mol. The molecule has 108 valence electrons. The number of nitrogens with one attached hydrogen (secondary N) is 1. The van der Waals surface area contributed by atoms with Crippen LogP contribution in [-0.2, 0) is 9.84 Å². The minimum Gasteiger partial charge on any atom is -0.313 e. The molecule has 0 aromatic rings. The van der Waals surface area contributed by atoms with Crippen LogP contribution < -0.4 is 5.32 Å². The van der Waals surface area contributed by atoms with Gasteiger partial charge < -0.3 is 10.2 Å². The molecule has 1 heterocycles. The largest absolute Gasteiger partial charge is 0.313 e. The van der Waals surface area contributed by atoms with Crippen LogP contribution in [0.25, 0.3) is 0 Å². The van der Waals surface area contributed by atoms with Gasteiger partial charge in [0.1, 0.15) is 0 Å². The SMILES string of the molecule is CCCN1CCC(NCCS(=O)(=O)C(C)C)CC1. The van der Waals surface area contributed by atoms with Crippen LogP contribution in [0.15, 0.2) is 0 Å². The van der Waals surface area contributed by atoms with Crippen LogP contribution in [0.2, 0.25) is 0 Å². The van der Waals surface area contributed by atoms with Gasteiger partial charge in [-0.2, -0.15) is 0 Å². The summed E-state index contributed by atoms with van der Waals surface area (Å²) in [5.74, 6) is 0.264. The third-order valence-corrected chi connectivity index (χ3v) is 5.87. The van der Waals surface area contributed by atoms with E-state index in [9.17, 15) is 8.42 Å². The normalized spacial score (nSPS) is 19.6. The number of nitrogens with zero attached hydrogens (tertiary/aromatic N) is 1. The third-order valence-electron chi connectivity index (χ3n) is 3.67. The Hall–Kier alpha value is -0.130. The first-order valence-corrected chi connectivity index (χ1v) is 8.84. The lowest BCUT2D eigenvalue weighted by molar-refractivity contribution is 0.199. The lowest BCUT2D eigenvalue weighted by Crippen LogP contribution is -2.44. The zero-order chi connectivity index (χ0) is 13.6. The van der Waals surface area contributed by atoms with Crippen molar-refractivity contribution in [3.63, 3.8) is 0 Å². The molecule has 0 aromatic carbocycles. The van der Waals surface area contributed by atoms with Crippen molar-refractivity contribution in [3.8, 4) is 0 Å². The predicted octanol–water partition coefficient (Wildman–Crippen LogP) is 1.27. The molecule has 1 N–H and O–H groups in total. The van der Waals surface area contributed by atoms with Crippen molar-refractivity contribution in [1.29, 1.82) is 0 Å². The van der Waals surface area contributed by atoms with Crippen LogP contribution in [0, 0.1) is 0 Å². The average molecular weight is 276 g/mol. The molecule has 0 saturated carbocycles. The summed E-state index contributed by atoms with van der Waals surface area (Å²) in [7, 11) is -2.89. The number of hydrogen-bond donors (Lipinski definition) is 1. The molecule has 0 aliphatic carbocycles. The Morgan fingerprint density at radius 3 is 2.39 bits per heavy atom. The topological polar surface area (TPSA) is 49.4 Å². The smallest absolute Gasteiger partial charge is 0.153 e. The molecule has 0 bridgehead atoms. The van der Waals surface area contributed by atoms with Gasteiger partial charge in [-0.3, -0.25) is 0 Å². The van der Waals surface area contributed by atoms with E-state index in [4.69, 9.17) is 0 Å². The van der Waals surface area contributed by atoms with E-state index in [1.807, 2.05) is 0 Å². The van der Waals surface area contributed by atoms with E-state index in [-0.39, 0.29) is 11.0 Å². The van der Waals surface area contributed by atoms with Gasteiger partial charge in [0.15, 0.2) is 9.84 Å². The van der Waals surface area contributed by atoms with Crippen molar-refractivity contribution in [2.45, 2.75) is 51.3 Å². The number of likely N-dealkylation sites (tertiary alicyclic amines) is 1. The molecule has 4 nitrogen and oxygen atoms in total. The lowest BCUT2D eigenvalue weighted by atomic mass is 10.1. The van der Waals surface area contributed by atoms with E-state index in [2.05, 4.69) is 17.1 Å². The van der Waals surface area contributed by atoms with Crippen LogP contribution in [0.3, 0.4) is 0 Å². The molecule has 0 amide bonds. The highest BCUT2D eigenvalue weighted by atomic mass is 32.2. The van der Waals surface area contributed by atoms with Gasteiger partial charge in [0.05, 0.1) is 11.0 Å². The Labute approximate surface area is 112 Å². The maximum absolute atomic E-state index is 11.7. The Morgan fingerprint density at radius 1 is 1.28 bits per heavy atom. The zero-order valence-corrected chi connectivity index (χ0v) is 12.8. The molecule has 0 atom stereocenters. The summed E-state index contributed by atoms with van der Waals surface area (Å²) in [6.07, 6.45) is 3.49. The van der Waals surface area contributed by atoms with E-state index < -0.39 is 9.84 Å². The van der Waals surface area contributed by atoms with E-state index in [1.54, 1.807) is 13.8 Å². The van der Waals surface area contributed by atoms with Crippen molar-refractivity contribution >= 4 is 9.84 Å². The first-order valence-electron chi connectivity index (χ1n) is 7.13. The molecule has 18 heavy (non-hydrogen) atoms. The lowest BCUT2D eigenvalue weighted by Gasteiger charge is -2.32. The highest BCUT2D eigenvalue weighted by molar-refractivity contribution is 7.92. The highest BCUT2D eigenvalue weighted by Gasteiger charge is 2.20. The fraction of sp³-hybridized carbons (Fsp3) is 1.00.